The molecule has 1 aliphatic carbocycles. The van der Waals surface area contributed by atoms with Gasteiger partial charge in [0.2, 0.25) is 11.8 Å². The van der Waals surface area contributed by atoms with Crippen molar-refractivity contribution in [3.8, 4) is 5.75 Å². The van der Waals surface area contributed by atoms with E-state index in [9.17, 15) is 9.59 Å². The van der Waals surface area contributed by atoms with Crippen LogP contribution in [-0.2, 0) is 16.0 Å². The Bertz CT molecular complexity index is 774. The molecule has 2 amide bonds. The molecule has 1 saturated carbocycles. The fraction of sp³-hybridized carbons (Fsp3) is 0.312. The van der Waals surface area contributed by atoms with Crippen LogP contribution in [0, 0.1) is 5.92 Å². The van der Waals surface area contributed by atoms with Gasteiger partial charge in [-0.3, -0.25) is 9.59 Å². The van der Waals surface area contributed by atoms with E-state index in [1.165, 1.54) is 18.4 Å². The minimum atomic E-state index is -0.207. The summed E-state index contributed by atoms with van der Waals surface area (Å²) in [4.78, 5) is 28.0. The monoisotopic (exact) mass is 365 g/mol. The minimum Gasteiger partial charge on any atom is -0.495 e. The third kappa shape index (κ3) is 4.24. The SMILES string of the molecule is COc1ccc(NC(=O)Cc2csc(NC(=O)C3CC3)n2)cc1Cl. The summed E-state index contributed by atoms with van der Waals surface area (Å²) in [5, 5.41) is 8.25. The van der Waals surface area contributed by atoms with Crippen molar-refractivity contribution in [1.29, 1.82) is 0 Å². The molecule has 0 bridgehead atoms. The summed E-state index contributed by atoms with van der Waals surface area (Å²) in [6.07, 6.45) is 2.01. The van der Waals surface area contributed by atoms with Gasteiger partial charge in [-0.15, -0.1) is 11.3 Å². The van der Waals surface area contributed by atoms with Gasteiger partial charge in [0, 0.05) is 17.0 Å². The number of ether oxygens (including phenoxy) is 1. The number of hydrogen-bond acceptors (Lipinski definition) is 5. The number of aromatic nitrogens is 1. The van der Waals surface area contributed by atoms with E-state index in [-0.39, 0.29) is 24.2 Å². The van der Waals surface area contributed by atoms with Crippen LogP contribution in [0.2, 0.25) is 5.02 Å². The summed E-state index contributed by atoms with van der Waals surface area (Å²) < 4.78 is 5.07. The number of anilines is 2. The lowest BCUT2D eigenvalue weighted by atomic mass is 10.2. The van der Waals surface area contributed by atoms with Crippen LogP contribution in [0.5, 0.6) is 5.75 Å². The van der Waals surface area contributed by atoms with Crippen molar-refractivity contribution in [2.75, 3.05) is 17.7 Å². The Morgan fingerprint density at radius 1 is 1.38 bits per heavy atom. The maximum Gasteiger partial charge on any atom is 0.230 e. The molecule has 1 aromatic carbocycles. The van der Waals surface area contributed by atoms with Gasteiger partial charge in [-0.1, -0.05) is 11.6 Å². The molecule has 6 nitrogen and oxygen atoms in total. The zero-order valence-electron chi connectivity index (χ0n) is 13.0. The molecule has 2 N–H and O–H groups in total. The Morgan fingerprint density at radius 2 is 2.17 bits per heavy atom. The van der Waals surface area contributed by atoms with Gasteiger partial charge >= 0.3 is 0 Å². The first-order chi connectivity index (χ1) is 11.5. The molecule has 1 aliphatic rings. The second-order valence-electron chi connectivity index (χ2n) is 5.48. The standard InChI is InChI=1S/C16H16ClN3O3S/c1-23-13-5-4-10(6-12(13)17)18-14(21)7-11-8-24-16(19-11)20-15(22)9-2-3-9/h4-6,8-9H,2-3,7H2,1H3,(H,18,21)(H,19,20,22). The molecule has 2 aromatic rings. The molecule has 0 spiro atoms. The van der Waals surface area contributed by atoms with Crippen LogP contribution in [0.1, 0.15) is 18.5 Å². The van der Waals surface area contributed by atoms with E-state index >= 15 is 0 Å². The molecule has 1 fully saturated rings. The number of rotatable bonds is 6. The van der Waals surface area contributed by atoms with Crippen LogP contribution in [0.15, 0.2) is 23.6 Å². The average Bonchev–Trinajstić information content (AvgIpc) is 3.30. The summed E-state index contributed by atoms with van der Waals surface area (Å²) in [6.45, 7) is 0. The highest BCUT2D eigenvalue weighted by Gasteiger charge is 2.30. The van der Waals surface area contributed by atoms with Crippen molar-refractivity contribution in [3.05, 3.63) is 34.3 Å². The Labute approximate surface area is 148 Å². The fourth-order valence-corrected chi connectivity index (χ4v) is 3.08. The molecule has 126 valence electrons. The molecule has 3 rings (SSSR count). The second-order valence-corrected chi connectivity index (χ2v) is 6.75. The van der Waals surface area contributed by atoms with Gasteiger partial charge in [0.05, 0.1) is 24.2 Å². The van der Waals surface area contributed by atoms with Crippen LogP contribution in [0.25, 0.3) is 0 Å². The number of thiazole rings is 1. The van der Waals surface area contributed by atoms with Crippen molar-refractivity contribution in [1.82, 2.24) is 4.98 Å². The summed E-state index contributed by atoms with van der Waals surface area (Å²) >= 11 is 7.35. The number of methoxy groups -OCH3 is 1. The molecule has 0 radical (unpaired) electrons. The van der Waals surface area contributed by atoms with E-state index in [0.29, 0.717) is 27.3 Å². The van der Waals surface area contributed by atoms with Crippen LogP contribution < -0.4 is 15.4 Å². The highest BCUT2D eigenvalue weighted by Crippen LogP contribution is 2.31. The van der Waals surface area contributed by atoms with Crippen LogP contribution in [0.4, 0.5) is 10.8 Å². The molecular weight excluding hydrogens is 350 g/mol. The molecule has 24 heavy (non-hydrogen) atoms. The predicted molar refractivity (Wildman–Crippen MR) is 93.8 cm³/mol. The van der Waals surface area contributed by atoms with Gasteiger partial charge in [0.15, 0.2) is 5.13 Å². The van der Waals surface area contributed by atoms with Crippen molar-refractivity contribution in [2.45, 2.75) is 19.3 Å². The minimum absolute atomic E-state index is 0.00762. The van der Waals surface area contributed by atoms with E-state index < -0.39 is 0 Å². The van der Waals surface area contributed by atoms with Gasteiger partial charge < -0.3 is 15.4 Å². The summed E-state index contributed by atoms with van der Waals surface area (Å²) in [6, 6.07) is 5.03. The lowest BCUT2D eigenvalue weighted by molar-refractivity contribution is -0.117. The van der Waals surface area contributed by atoms with E-state index in [1.807, 2.05) is 0 Å². The number of nitrogens with one attached hydrogen (secondary N) is 2. The van der Waals surface area contributed by atoms with Crippen molar-refractivity contribution < 1.29 is 14.3 Å². The fourth-order valence-electron chi connectivity index (χ4n) is 2.11. The number of carbonyl (C=O) groups is 2. The van der Waals surface area contributed by atoms with Gasteiger partial charge in [-0.2, -0.15) is 0 Å². The zero-order chi connectivity index (χ0) is 17.1. The molecule has 1 aromatic heterocycles. The van der Waals surface area contributed by atoms with Crippen LogP contribution in [0.3, 0.4) is 0 Å². The largest absolute Gasteiger partial charge is 0.495 e. The maximum atomic E-state index is 12.1. The van der Waals surface area contributed by atoms with Gasteiger partial charge in [0.25, 0.3) is 0 Å². The smallest absolute Gasteiger partial charge is 0.230 e. The molecule has 0 aliphatic heterocycles. The van der Waals surface area contributed by atoms with Crippen molar-refractivity contribution in [3.63, 3.8) is 0 Å². The van der Waals surface area contributed by atoms with Crippen LogP contribution in [-0.4, -0.2) is 23.9 Å². The Morgan fingerprint density at radius 3 is 2.83 bits per heavy atom. The Balaban J connectivity index is 1.55. The molecule has 0 saturated heterocycles. The first kappa shape index (κ1) is 16.7. The quantitative estimate of drug-likeness (QED) is 0.822. The van der Waals surface area contributed by atoms with Crippen molar-refractivity contribution >= 4 is 45.6 Å². The normalized spacial score (nSPS) is 13.4. The number of halogens is 1. The van der Waals surface area contributed by atoms with Gasteiger partial charge in [0.1, 0.15) is 5.75 Å². The summed E-state index contributed by atoms with van der Waals surface area (Å²) in [5.74, 6) is 0.473. The first-order valence-corrected chi connectivity index (χ1v) is 8.69. The predicted octanol–water partition coefficient (Wildman–Crippen LogP) is 3.33. The lowest BCUT2D eigenvalue weighted by Crippen LogP contribution is -2.15. The second kappa shape index (κ2) is 7.19. The third-order valence-corrected chi connectivity index (χ3v) is 4.61. The molecule has 8 heteroatoms. The van der Waals surface area contributed by atoms with E-state index in [0.717, 1.165) is 12.8 Å². The number of carbonyl (C=O) groups excluding carboxylic acids is 2. The number of amides is 2. The van der Waals surface area contributed by atoms with Gasteiger partial charge in [-0.05, 0) is 31.0 Å². The number of nitrogens with zero attached hydrogens (tertiary/aromatic N) is 1. The number of hydrogen-bond donors (Lipinski definition) is 2. The molecule has 0 atom stereocenters. The Hall–Kier alpha value is -2.12. The van der Waals surface area contributed by atoms with Crippen LogP contribution >= 0.6 is 22.9 Å². The topological polar surface area (TPSA) is 80.3 Å². The van der Waals surface area contributed by atoms with E-state index in [2.05, 4.69) is 15.6 Å². The molecule has 0 unspecified atom stereocenters. The highest BCUT2D eigenvalue weighted by molar-refractivity contribution is 7.13. The van der Waals surface area contributed by atoms with E-state index in [1.54, 1.807) is 23.6 Å². The molecule has 1 heterocycles. The maximum absolute atomic E-state index is 12.1. The first-order valence-electron chi connectivity index (χ1n) is 7.44. The summed E-state index contributed by atoms with van der Waals surface area (Å²) in [7, 11) is 1.53. The van der Waals surface area contributed by atoms with E-state index in [4.69, 9.17) is 16.3 Å². The third-order valence-electron chi connectivity index (χ3n) is 3.51. The lowest BCUT2D eigenvalue weighted by Gasteiger charge is -2.07. The zero-order valence-corrected chi connectivity index (χ0v) is 14.5. The Kier molecular flexibility index (Phi) is 5.01. The average molecular weight is 366 g/mol. The number of benzene rings is 1. The van der Waals surface area contributed by atoms with Gasteiger partial charge in [-0.25, -0.2) is 4.98 Å². The molecular formula is C16H16ClN3O3S. The van der Waals surface area contributed by atoms with Crippen molar-refractivity contribution in [2.24, 2.45) is 5.92 Å². The highest BCUT2D eigenvalue weighted by atomic mass is 35.5. The summed E-state index contributed by atoms with van der Waals surface area (Å²) in [5.41, 5.74) is 1.20.